The summed E-state index contributed by atoms with van der Waals surface area (Å²) in [4.78, 5) is 11.7. The van der Waals surface area contributed by atoms with Crippen LogP contribution >= 0.6 is 11.6 Å². The molecule has 0 amide bonds. The first-order valence-electron chi connectivity index (χ1n) is 5.77. The Morgan fingerprint density at radius 2 is 2.41 bits per heavy atom. The lowest BCUT2D eigenvalue weighted by molar-refractivity contribution is 0.0993. The van der Waals surface area contributed by atoms with Crippen LogP contribution in [0.4, 0.5) is 0 Å². The molecule has 3 nitrogen and oxygen atoms in total. The largest absolute Gasteiger partial charge is 0.381 e. The molecule has 1 aliphatic heterocycles. The number of carbonyl (C=O) groups is 1. The van der Waals surface area contributed by atoms with E-state index in [0.717, 1.165) is 25.2 Å². The van der Waals surface area contributed by atoms with Gasteiger partial charge in [-0.15, -0.1) is 0 Å². The standard InChI is InChI=1S/C13H16ClNO2/c1-15-7-13(16)9-2-3-11(12(14)6-9)10-4-5-17-8-10/h2-3,6,10,15H,4-5,7-8H2,1H3. The number of ketones is 1. The number of hydrogen-bond acceptors (Lipinski definition) is 3. The normalized spacial score (nSPS) is 19.5. The molecule has 0 spiro atoms. The summed E-state index contributed by atoms with van der Waals surface area (Å²) in [7, 11) is 1.75. The third-order valence-corrected chi connectivity index (χ3v) is 3.36. The van der Waals surface area contributed by atoms with Crippen LogP contribution in [0, 0.1) is 0 Å². The van der Waals surface area contributed by atoms with Crippen LogP contribution in [0.5, 0.6) is 0 Å². The van der Waals surface area contributed by atoms with Crippen LogP contribution in [-0.4, -0.2) is 32.6 Å². The van der Waals surface area contributed by atoms with E-state index < -0.39 is 0 Å². The third kappa shape index (κ3) is 2.86. The molecule has 0 aromatic heterocycles. The van der Waals surface area contributed by atoms with Gasteiger partial charge in [0.05, 0.1) is 13.2 Å². The zero-order valence-electron chi connectivity index (χ0n) is 9.83. The lowest BCUT2D eigenvalue weighted by Gasteiger charge is -2.11. The highest BCUT2D eigenvalue weighted by Gasteiger charge is 2.20. The SMILES string of the molecule is CNCC(=O)c1ccc(C2CCOC2)c(Cl)c1. The van der Waals surface area contributed by atoms with Crippen LogP contribution in [0.2, 0.25) is 5.02 Å². The van der Waals surface area contributed by atoms with Crippen molar-refractivity contribution in [3.63, 3.8) is 0 Å². The fraction of sp³-hybridized carbons (Fsp3) is 0.462. The van der Waals surface area contributed by atoms with Gasteiger partial charge in [0.1, 0.15) is 0 Å². The number of rotatable bonds is 4. The van der Waals surface area contributed by atoms with Gasteiger partial charge in [-0.3, -0.25) is 4.79 Å². The average Bonchev–Trinajstić information content (AvgIpc) is 2.82. The molecule has 17 heavy (non-hydrogen) atoms. The molecule has 0 bridgehead atoms. The Labute approximate surface area is 106 Å². The fourth-order valence-corrected chi connectivity index (χ4v) is 2.41. The Balaban J connectivity index is 2.19. The van der Waals surface area contributed by atoms with E-state index in [2.05, 4.69) is 5.32 Å². The molecule has 1 unspecified atom stereocenters. The molecule has 2 rings (SSSR count). The molecule has 92 valence electrons. The summed E-state index contributed by atoms with van der Waals surface area (Å²) < 4.78 is 5.35. The predicted molar refractivity (Wildman–Crippen MR) is 67.9 cm³/mol. The highest BCUT2D eigenvalue weighted by molar-refractivity contribution is 6.31. The second-order valence-electron chi connectivity index (χ2n) is 4.25. The molecule has 1 saturated heterocycles. The lowest BCUT2D eigenvalue weighted by Crippen LogP contribution is -2.18. The molecule has 1 aromatic carbocycles. The molecule has 0 aliphatic carbocycles. The molecule has 1 aliphatic rings. The molecule has 0 saturated carbocycles. The summed E-state index contributed by atoms with van der Waals surface area (Å²) in [6.07, 6.45) is 1.00. The van der Waals surface area contributed by atoms with Gasteiger partial charge in [0.2, 0.25) is 0 Å². The second kappa shape index (κ2) is 5.63. The van der Waals surface area contributed by atoms with Gasteiger partial charge in [-0.2, -0.15) is 0 Å². The first-order valence-corrected chi connectivity index (χ1v) is 6.15. The van der Waals surface area contributed by atoms with Crippen LogP contribution in [0.15, 0.2) is 18.2 Å². The molecule has 1 atom stereocenters. The average molecular weight is 254 g/mol. The Morgan fingerprint density at radius 3 is 3.00 bits per heavy atom. The van der Waals surface area contributed by atoms with Gasteiger partial charge in [-0.25, -0.2) is 0 Å². The summed E-state index contributed by atoms with van der Waals surface area (Å²) in [5.41, 5.74) is 1.75. The number of halogens is 1. The first-order chi connectivity index (χ1) is 8.22. The van der Waals surface area contributed by atoms with Crippen molar-refractivity contribution in [2.45, 2.75) is 12.3 Å². The lowest BCUT2D eigenvalue weighted by atomic mass is 9.96. The van der Waals surface area contributed by atoms with Crippen molar-refractivity contribution in [3.8, 4) is 0 Å². The number of hydrogen-bond donors (Lipinski definition) is 1. The Morgan fingerprint density at radius 1 is 1.59 bits per heavy atom. The molecule has 1 fully saturated rings. The summed E-state index contributed by atoms with van der Waals surface area (Å²) in [6.45, 7) is 1.85. The Bertz CT molecular complexity index is 414. The first kappa shape index (κ1) is 12.6. The maximum atomic E-state index is 11.7. The maximum Gasteiger partial charge on any atom is 0.176 e. The molecular weight excluding hydrogens is 238 g/mol. The summed E-state index contributed by atoms with van der Waals surface area (Å²) >= 11 is 6.23. The second-order valence-corrected chi connectivity index (χ2v) is 4.66. The van der Waals surface area contributed by atoms with E-state index in [0.29, 0.717) is 23.0 Å². The van der Waals surface area contributed by atoms with Gasteiger partial charge in [0.15, 0.2) is 5.78 Å². The minimum atomic E-state index is 0.0589. The smallest absolute Gasteiger partial charge is 0.176 e. The molecule has 1 N–H and O–H groups in total. The molecule has 1 aromatic rings. The van der Waals surface area contributed by atoms with Crippen LogP contribution in [0.25, 0.3) is 0 Å². The number of carbonyl (C=O) groups excluding carboxylic acids is 1. The van der Waals surface area contributed by atoms with Crippen LogP contribution in [0.3, 0.4) is 0 Å². The minimum Gasteiger partial charge on any atom is -0.381 e. The van der Waals surface area contributed by atoms with E-state index in [9.17, 15) is 4.79 Å². The summed E-state index contributed by atoms with van der Waals surface area (Å²) in [5, 5.41) is 3.51. The van der Waals surface area contributed by atoms with Crippen molar-refractivity contribution in [1.82, 2.24) is 5.32 Å². The van der Waals surface area contributed by atoms with Gasteiger partial charge < -0.3 is 10.1 Å². The number of Topliss-reactive ketones (excluding diaryl/α,β-unsaturated/α-hetero) is 1. The van der Waals surface area contributed by atoms with Crippen molar-refractivity contribution in [2.24, 2.45) is 0 Å². The number of likely N-dealkylation sites (N-methyl/N-ethyl adjacent to an activating group) is 1. The van der Waals surface area contributed by atoms with Crippen molar-refractivity contribution in [2.75, 3.05) is 26.8 Å². The van der Waals surface area contributed by atoms with Gasteiger partial charge in [-0.1, -0.05) is 23.7 Å². The quantitative estimate of drug-likeness (QED) is 0.837. The van der Waals surface area contributed by atoms with Crippen molar-refractivity contribution in [3.05, 3.63) is 34.3 Å². The van der Waals surface area contributed by atoms with E-state index in [1.165, 1.54) is 0 Å². The van der Waals surface area contributed by atoms with E-state index in [4.69, 9.17) is 16.3 Å². The minimum absolute atomic E-state index is 0.0589. The van der Waals surface area contributed by atoms with Crippen LogP contribution in [0.1, 0.15) is 28.3 Å². The van der Waals surface area contributed by atoms with Crippen LogP contribution in [-0.2, 0) is 4.74 Å². The van der Waals surface area contributed by atoms with Gasteiger partial charge in [0.25, 0.3) is 0 Å². The van der Waals surface area contributed by atoms with Crippen molar-refractivity contribution in [1.29, 1.82) is 0 Å². The monoisotopic (exact) mass is 253 g/mol. The zero-order chi connectivity index (χ0) is 12.3. The van der Waals surface area contributed by atoms with Gasteiger partial charge >= 0.3 is 0 Å². The number of benzene rings is 1. The van der Waals surface area contributed by atoms with Gasteiger partial charge in [0, 0.05) is 23.1 Å². The highest BCUT2D eigenvalue weighted by Crippen LogP contribution is 2.31. The van der Waals surface area contributed by atoms with E-state index in [-0.39, 0.29) is 5.78 Å². The van der Waals surface area contributed by atoms with E-state index >= 15 is 0 Å². The number of ether oxygens (including phenoxy) is 1. The Hall–Kier alpha value is -0.900. The van der Waals surface area contributed by atoms with Crippen molar-refractivity contribution < 1.29 is 9.53 Å². The van der Waals surface area contributed by atoms with E-state index in [1.54, 1.807) is 13.1 Å². The van der Waals surface area contributed by atoms with Crippen LogP contribution < -0.4 is 5.32 Å². The molecular formula is C13H16ClNO2. The van der Waals surface area contributed by atoms with Crippen molar-refractivity contribution >= 4 is 17.4 Å². The molecule has 4 heteroatoms. The predicted octanol–water partition coefficient (Wildman–Crippen LogP) is 2.25. The van der Waals surface area contributed by atoms with Gasteiger partial charge in [-0.05, 0) is 25.1 Å². The number of nitrogens with one attached hydrogen (secondary N) is 1. The molecule has 1 heterocycles. The molecule has 0 radical (unpaired) electrons. The third-order valence-electron chi connectivity index (χ3n) is 3.03. The topological polar surface area (TPSA) is 38.3 Å². The highest BCUT2D eigenvalue weighted by atomic mass is 35.5. The fourth-order valence-electron chi connectivity index (χ4n) is 2.07. The summed E-state index contributed by atoms with van der Waals surface area (Å²) in [5.74, 6) is 0.430. The Kier molecular flexibility index (Phi) is 4.15. The zero-order valence-corrected chi connectivity index (χ0v) is 10.6. The van der Waals surface area contributed by atoms with E-state index in [1.807, 2.05) is 12.1 Å². The summed E-state index contributed by atoms with van der Waals surface area (Å²) in [6, 6.07) is 5.55. The maximum absolute atomic E-state index is 11.7.